The molecule has 3 fully saturated rings. The number of carbonyl (C=O) groups excluding carboxylic acids is 1. The number of amides is 1. The highest BCUT2D eigenvalue weighted by atomic mass is 32.2. The van der Waals surface area contributed by atoms with Crippen LogP contribution in [0.4, 0.5) is 5.69 Å². The number of carbonyl (C=O) groups is 1. The van der Waals surface area contributed by atoms with Crippen molar-refractivity contribution in [1.29, 1.82) is 0 Å². The highest BCUT2D eigenvalue weighted by molar-refractivity contribution is 7.89. The second-order valence-corrected chi connectivity index (χ2v) is 10.3. The number of sulfonamides is 1. The fourth-order valence-electron chi connectivity index (χ4n) is 4.48. The summed E-state index contributed by atoms with van der Waals surface area (Å²) in [6.45, 7) is 5.49. The molecule has 0 saturated carbocycles. The summed E-state index contributed by atoms with van der Waals surface area (Å²) in [5.74, 6) is -0.0672. The molecule has 0 aromatic heterocycles. The summed E-state index contributed by atoms with van der Waals surface area (Å²) >= 11 is 0. The van der Waals surface area contributed by atoms with E-state index in [1.54, 1.807) is 18.2 Å². The van der Waals surface area contributed by atoms with E-state index in [2.05, 4.69) is 4.90 Å². The lowest BCUT2D eigenvalue weighted by atomic mass is 10.1. The summed E-state index contributed by atoms with van der Waals surface area (Å²) in [7, 11) is -3.67. The Kier molecular flexibility index (Phi) is 7.47. The lowest BCUT2D eigenvalue weighted by Crippen LogP contribution is -2.41. The Labute approximate surface area is 185 Å². The van der Waals surface area contributed by atoms with E-state index in [1.165, 1.54) is 10.7 Å². The molecule has 0 spiro atoms. The average Bonchev–Trinajstić information content (AvgIpc) is 2.79. The van der Waals surface area contributed by atoms with Crippen molar-refractivity contribution in [3.8, 4) is 0 Å². The predicted octanol–water partition coefficient (Wildman–Crippen LogP) is 1.95. The third kappa shape index (κ3) is 5.22. The van der Waals surface area contributed by atoms with Crippen LogP contribution in [-0.4, -0.2) is 89.2 Å². The molecule has 0 radical (unpaired) electrons. The Morgan fingerprint density at radius 2 is 1.35 bits per heavy atom. The highest BCUT2D eigenvalue weighted by Crippen LogP contribution is 2.29. The molecule has 0 aliphatic carbocycles. The first-order valence-electron chi connectivity index (χ1n) is 11.4. The summed E-state index contributed by atoms with van der Waals surface area (Å²) in [6.07, 6.45) is 5.46. The van der Waals surface area contributed by atoms with Crippen molar-refractivity contribution in [3.05, 3.63) is 23.8 Å². The third-order valence-electron chi connectivity index (χ3n) is 6.30. The zero-order chi connectivity index (χ0) is 21.7. The predicted molar refractivity (Wildman–Crippen MR) is 118 cm³/mol. The van der Waals surface area contributed by atoms with Gasteiger partial charge in [0.15, 0.2) is 0 Å². The van der Waals surface area contributed by atoms with Gasteiger partial charge in [-0.15, -0.1) is 0 Å². The summed E-state index contributed by atoms with van der Waals surface area (Å²) < 4.78 is 38.7. The first-order valence-corrected chi connectivity index (χ1v) is 12.9. The van der Waals surface area contributed by atoms with Gasteiger partial charge in [-0.1, -0.05) is 19.3 Å². The zero-order valence-electron chi connectivity index (χ0n) is 18.1. The SMILES string of the molecule is O=C(c1cc(S(=O)(=O)N2CCOCC2)ccc1N1CCOCC1)N1CCCCCCC1. The Balaban J connectivity index is 1.68. The lowest BCUT2D eigenvalue weighted by Gasteiger charge is -2.33. The number of nitrogens with zero attached hydrogens (tertiary/aromatic N) is 3. The van der Waals surface area contributed by atoms with E-state index < -0.39 is 10.0 Å². The summed E-state index contributed by atoms with van der Waals surface area (Å²) in [5.41, 5.74) is 1.29. The molecule has 3 saturated heterocycles. The molecule has 1 amide bonds. The van der Waals surface area contributed by atoms with Crippen molar-refractivity contribution >= 4 is 21.6 Å². The molecule has 31 heavy (non-hydrogen) atoms. The van der Waals surface area contributed by atoms with Crippen LogP contribution in [-0.2, 0) is 19.5 Å². The number of hydrogen-bond acceptors (Lipinski definition) is 6. The van der Waals surface area contributed by atoms with Crippen molar-refractivity contribution in [1.82, 2.24) is 9.21 Å². The number of morpholine rings is 2. The van der Waals surface area contributed by atoms with E-state index in [0.717, 1.165) is 44.5 Å². The molecule has 0 N–H and O–H groups in total. The van der Waals surface area contributed by atoms with E-state index in [4.69, 9.17) is 9.47 Å². The summed E-state index contributed by atoms with van der Waals surface area (Å²) in [4.78, 5) is 17.8. The molecular weight excluding hydrogens is 418 g/mol. The summed E-state index contributed by atoms with van der Waals surface area (Å²) in [6, 6.07) is 5.03. The van der Waals surface area contributed by atoms with Gasteiger partial charge in [-0.05, 0) is 31.0 Å². The molecule has 0 atom stereocenters. The minimum atomic E-state index is -3.67. The quantitative estimate of drug-likeness (QED) is 0.696. The zero-order valence-corrected chi connectivity index (χ0v) is 18.9. The van der Waals surface area contributed by atoms with Gasteiger partial charge >= 0.3 is 0 Å². The average molecular weight is 452 g/mol. The second-order valence-electron chi connectivity index (χ2n) is 8.35. The van der Waals surface area contributed by atoms with Gasteiger partial charge in [0.1, 0.15) is 0 Å². The first-order chi connectivity index (χ1) is 15.1. The van der Waals surface area contributed by atoms with Gasteiger partial charge in [0.2, 0.25) is 10.0 Å². The maximum Gasteiger partial charge on any atom is 0.256 e. The number of benzene rings is 1. The first kappa shape index (κ1) is 22.5. The van der Waals surface area contributed by atoms with Gasteiger partial charge in [-0.2, -0.15) is 4.31 Å². The van der Waals surface area contributed by atoms with Gasteiger partial charge in [-0.25, -0.2) is 8.42 Å². The molecule has 9 heteroatoms. The van der Waals surface area contributed by atoms with Crippen molar-refractivity contribution in [2.45, 2.75) is 37.0 Å². The van der Waals surface area contributed by atoms with Gasteiger partial charge in [-0.3, -0.25) is 4.79 Å². The van der Waals surface area contributed by atoms with E-state index in [0.29, 0.717) is 58.2 Å². The summed E-state index contributed by atoms with van der Waals surface area (Å²) in [5, 5.41) is 0. The number of anilines is 1. The van der Waals surface area contributed by atoms with Crippen LogP contribution in [0.2, 0.25) is 0 Å². The van der Waals surface area contributed by atoms with Crippen molar-refractivity contribution < 1.29 is 22.7 Å². The number of hydrogen-bond donors (Lipinski definition) is 0. The maximum atomic E-state index is 13.6. The Morgan fingerprint density at radius 1 is 0.774 bits per heavy atom. The number of likely N-dealkylation sites (tertiary alicyclic amines) is 1. The van der Waals surface area contributed by atoms with Crippen LogP contribution in [0, 0.1) is 0 Å². The molecule has 8 nitrogen and oxygen atoms in total. The topological polar surface area (TPSA) is 79.4 Å². The lowest BCUT2D eigenvalue weighted by molar-refractivity contribution is 0.0728. The largest absolute Gasteiger partial charge is 0.379 e. The minimum Gasteiger partial charge on any atom is -0.379 e. The smallest absolute Gasteiger partial charge is 0.256 e. The Bertz CT molecular complexity index is 856. The van der Waals surface area contributed by atoms with Crippen LogP contribution in [0.5, 0.6) is 0 Å². The van der Waals surface area contributed by atoms with Crippen LogP contribution < -0.4 is 4.90 Å². The van der Waals surface area contributed by atoms with Crippen molar-refractivity contribution in [2.24, 2.45) is 0 Å². The normalized spacial score (nSPS) is 22.1. The van der Waals surface area contributed by atoms with E-state index >= 15 is 0 Å². The molecule has 0 unspecified atom stereocenters. The van der Waals surface area contributed by atoms with Gasteiger partial charge < -0.3 is 19.3 Å². The van der Waals surface area contributed by atoms with Crippen LogP contribution in [0.1, 0.15) is 42.5 Å². The van der Waals surface area contributed by atoms with Crippen LogP contribution in [0.3, 0.4) is 0 Å². The standard InChI is InChI=1S/C22H33N3O5S/c26-22(24-8-4-2-1-3-5-9-24)20-18-19(31(27,28)25-12-16-30-17-13-25)6-7-21(20)23-10-14-29-15-11-23/h6-7,18H,1-5,8-17H2. The van der Waals surface area contributed by atoms with E-state index in [1.807, 2.05) is 4.90 Å². The fraction of sp³-hybridized carbons (Fsp3) is 0.682. The fourth-order valence-corrected chi connectivity index (χ4v) is 5.92. The number of ether oxygens (including phenoxy) is 2. The van der Waals surface area contributed by atoms with Crippen LogP contribution in [0.15, 0.2) is 23.1 Å². The molecule has 4 rings (SSSR count). The van der Waals surface area contributed by atoms with Gasteiger partial charge in [0.05, 0.1) is 36.9 Å². The van der Waals surface area contributed by atoms with Crippen LogP contribution in [0.25, 0.3) is 0 Å². The molecule has 1 aromatic rings. The van der Waals surface area contributed by atoms with Crippen molar-refractivity contribution in [3.63, 3.8) is 0 Å². The van der Waals surface area contributed by atoms with Crippen LogP contribution >= 0.6 is 0 Å². The molecule has 1 aromatic carbocycles. The van der Waals surface area contributed by atoms with Crippen molar-refractivity contribution in [2.75, 3.05) is 70.6 Å². The molecule has 0 bridgehead atoms. The minimum absolute atomic E-state index is 0.0672. The van der Waals surface area contributed by atoms with Gasteiger partial charge in [0.25, 0.3) is 5.91 Å². The maximum absolute atomic E-state index is 13.6. The molecular formula is C22H33N3O5S. The highest BCUT2D eigenvalue weighted by Gasteiger charge is 2.30. The van der Waals surface area contributed by atoms with E-state index in [9.17, 15) is 13.2 Å². The molecule has 3 heterocycles. The number of rotatable bonds is 4. The van der Waals surface area contributed by atoms with E-state index in [-0.39, 0.29) is 10.8 Å². The Morgan fingerprint density at radius 3 is 2.00 bits per heavy atom. The Hall–Kier alpha value is -1.68. The molecule has 3 aliphatic heterocycles. The second kappa shape index (κ2) is 10.3. The molecule has 172 valence electrons. The monoisotopic (exact) mass is 451 g/mol. The van der Waals surface area contributed by atoms with Gasteiger partial charge in [0, 0.05) is 45.0 Å². The third-order valence-corrected chi connectivity index (χ3v) is 8.20. The molecule has 3 aliphatic rings.